The monoisotopic (exact) mass is 628 g/mol. The van der Waals surface area contributed by atoms with E-state index in [1.54, 1.807) is 25.1 Å². The van der Waals surface area contributed by atoms with E-state index in [9.17, 15) is 18.3 Å². The van der Waals surface area contributed by atoms with Crippen LogP contribution in [0, 0.1) is 11.8 Å². The number of allylic oxidation sites excluding steroid dienone is 1. The molecule has 2 aromatic carbocycles. The van der Waals surface area contributed by atoms with Crippen LogP contribution in [-0.4, -0.2) is 63.7 Å². The van der Waals surface area contributed by atoms with Crippen LogP contribution in [0.15, 0.2) is 48.6 Å². The standard InChI is InChI=1S/C33H41ClN2O6S/c1-2-41-19-26-7-3-4-8-30(37)27-12-9-24(27)18-36-20-33(15-5-6-22-16-25(34)11-13-28(22)33)21-42-31-14-10-23(17-29(31)36)32(38)35-43(26,39)40/h4,8,10-11,13-14,16-17,24,26-27,30,37H,2-3,5-7,9,12,15,18-21H2,1H3,(H,35,38)/b8-4+/t24-,26+,27+,30-,33-/m0/s1. The molecule has 0 aromatic heterocycles. The fraction of sp³-hybridized carbons (Fsp3) is 0.545. The van der Waals surface area contributed by atoms with Crippen LogP contribution in [0.5, 0.6) is 5.75 Å². The van der Waals surface area contributed by atoms with Crippen molar-refractivity contribution in [3.8, 4) is 5.75 Å². The minimum Gasteiger partial charge on any atom is -0.490 e. The molecule has 2 aromatic rings. The molecule has 2 N–H and O–H groups in total. The van der Waals surface area contributed by atoms with Gasteiger partial charge in [0, 0.05) is 35.7 Å². The molecule has 4 aliphatic rings. The number of hydrogen-bond donors (Lipinski definition) is 2. The molecule has 1 spiro atoms. The average molecular weight is 629 g/mol. The lowest BCUT2D eigenvalue weighted by molar-refractivity contribution is 0.0456. The summed E-state index contributed by atoms with van der Waals surface area (Å²) in [7, 11) is -4.02. The van der Waals surface area contributed by atoms with Crippen molar-refractivity contribution in [3.63, 3.8) is 0 Å². The zero-order chi connectivity index (χ0) is 30.2. The molecule has 5 atom stereocenters. The van der Waals surface area contributed by atoms with E-state index < -0.39 is 27.3 Å². The van der Waals surface area contributed by atoms with Crippen LogP contribution in [0.4, 0.5) is 5.69 Å². The third-order valence-corrected chi connectivity index (χ3v) is 11.8. The lowest BCUT2D eigenvalue weighted by Gasteiger charge is -2.45. The molecular formula is C33H41ClN2O6S. The molecule has 0 unspecified atom stereocenters. The second kappa shape index (κ2) is 12.4. The molecule has 1 fully saturated rings. The number of ether oxygens (including phenoxy) is 2. The van der Waals surface area contributed by atoms with E-state index in [-0.39, 0.29) is 35.8 Å². The Hall–Kier alpha value is -2.59. The number of halogens is 1. The highest BCUT2D eigenvalue weighted by Crippen LogP contribution is 2.46. The van der Waals surface area contributed by atoms with Gasteiger partial charge in [-0.05, 0) is 105 Å². The van der Waals surface area contributed by atoms with Crippen LogP contribution < -0.4 is 14.4 Å². The van der Waals surface area contributed by atoms with Gasteiger partial charge in [-0.25, -0.2) is 13.1 Å². The molecule has 2 aliphatic carbocycles. The number of aliphatic hydroxyl groups excluding tert-OH is 1. The summed E-state index contributed by atoms with van der Waals surface area (Å²) in [6, 6.07) is 11.3. The average Bonchev–Trinajstić information content (AvgIpc) is 3.11. The van der Waals surface area contributed by atoms with Crippen LogP contribution in [0.3, 0.4) is 0 Å². The number of nitrogens with zero attached hydrogens (tertiary/aromatic N) is 1. The molecule has 6 rings (SSSR count). The number of aliphatic hydroxyl groups is 1. The van der Waals surface area contributed by atoms with Gasteiger partial charge in [0.1, 0.15) is 11.0 Å². The topological polar surface area (TPSA) is 105 Å². The van der Waals surface area contributed by atoms with Crippen molar-refractivity contribution in [1.82, 2.24) is 4.72 Å². The van der Waals surface area contributed by atoms with E-state index in [1.807, 2.05) is 18.2 Å². The largest absolute Gasteiger partial charge is 0.490 e. The van der Waals surface area contributed by atoms with Gasteiger partial charge in [0.25, 0.3) is 5.91 Å². The number of sulfonamides is 1. The van der Waals surface area contributed by atoms with E-state index in [4.69, 9.17) is 21.1 Å². The Balaban J connectivity index is 1.40. The SMILES string of the molecule is CCOC[C@H]1CC/C=C/[C@H](O)[C@@H]2CC[C@H]2CN2C[C@@]3(CCCc4cc(Cl)ccc43)COc3ccc(cc32)C(=O)NS1(=O)=O. The smallest absolute Gasteiger partial charge is 0.264 e. The highest BCUT2D eigenvalue weighted by Gasteiger charge is 2.44. The summed E-state index contributed by atoms with van der Waals surface area (Å²) in [5.74, 6) is 0.386. The molecule has 2 aliphatic heterocycles. The van der Waals surface area contributed by atoms with Crippen LogP contribution in [0.2, 0.25) is 5.02 Å². The number of rotatable bonds is 3. The summed E-state index contributed by atoms with van der Waals surface area (Å²) in [5, 5.41) is 11.0. The third kappa shape index (κ3) is 6.19. The number of carbonyl (C=O) groups is 1. The maximum atomic E-state index is 13.4. The highest BCUT2D eigenvalue weighted by molar-refractivity contribution is 7.90. The number of anilines is 1. The Morgan fingerprint density at radius 1 is 1.19 bits per heavy atom. The number of hydrogen-bond acceptors (Lipinski definition) is 7. The van der Waals surface area contributed by atoms with Crippen molar-refractivity contribution < 1.29 is 27.8 Å². The zero-order valence-electron chi connectivity index (χ0n) is 24.6. The minimum absolute atomic E-state index is 0.0131. The van der Waals surface area contributed by atoms with E-state index in [0.717, 1.165) is 42.8 Å². The first-order valence-corrected chi connectivity index (χ1v) is 17.4. The van der Waals surface area contributed by atoms with Gasteiger partial charge >= 0.3 is 0 Å². The predicted octanol–water partition coefficient (Wildman–Crippen LogP) is 5.01. The van der Waals surface area contributed by atoms with Gasteiger partial charge in [0.2, 0.25) is 10.0 Å². The highest BCUT2D eigenvalue weighted by atomic mass is 35.5. The molecule has 8 nitrogen and oxygen atoms in total. The third-order valence-electron chi connectivity index (χ3n) is 9.84. The lowest BCUT2D eigenvalue weighted by Crippen LogP contribution is -2.49. The summed E-state index contributed by atoms with van der Waals surface area (Å²) in [6.07, 6.45) is 8.69. The molecule has 43 heavy (non-hydrogen) atoms. The number of benzene rings is 2. The van der Waals surface area contributed by atoms with Gasteiger partial charge in [0.15, 0.2) is 0 Å². The van der Waals surface area contributed by atoms with E-state index in [2.05, 4.69) is 21.8 Å². The summed E-state index contributed by atoms with van der Waals surface area (Å²) < 4.78 is 41.0. The number of aryl methyl sites for hydroxylation is 1. The Morgan fingerprint density at radius 3 is 2.84 bits per heavy atom. The van der Waals surface area contributed by atoms with Crippen LogP contribution in [0.25, 0.3) is 0 Å². The van der Waals surface area contributed by atoms with Gasteiger partial charge in [-0.3, -0.25) is 4.79 Å². The Morgan fingerprint density at radius 2 is 2.05 bits per heavy atom. The molecule has 0 saturated heterocycles. The summed E-state index contributed by atoms with van der Waals surface area (Å²) >= 11 is 6.39. The van der Waals surface area contributed by atoms with Crippen molar-refractivity contribution in [3.05, 3.63) is 70.3 Å². The Labute approximate surface area is 259 Å². The molecule has 0 radical (unpaired) electrons. The van der Waals surface area contributed by atoms with Gasteiger partial charge in [-0.2, -0.15) is 0 Å². The van der Waals surface area contributed by atoms with E-state index >= 15 is 0 Å². The van der Waals surface area contributed by atoms with Crippen LogP contribution >= 0.6 is 11.6 Å². The molecule has 2 heterocycles. The fourth-order valence-corrected chi connectivity index (χ4v) is 8.78. The number of amides is 1. The predicted molar refractivity (Wildman–Crippen MR) is 167 cm³/mol. The van der Waals surface area contributed by atoms with Gasteiger partial charge < -0.3 is 19.5 Å². The zero-order valence-corrected chi connectivity index (χ0v) is 26.2. The lowest BCUT2D eigenvalue weighted by atomic mass is 9.68. The molecule has 1 saturated carbocycles. The van der Waals surface area contributed by atoms with Gasteiger partial charge in [0.05, 0.1) is 25.0 Å². The minimum atomic E-state index is -4.02. The van der Waals surface area contributed by atoms with Crippen molar-refractivity contribution in [1.29, 1.82) is 0 Å². The first-order valence-electron chi connectivity index (χ1n) is 15.5. The van der Waals surface area contributed by atoms with Crippen molar-refractivity contribution in [2.75, 3.05) is 37.8 Å². The van der Waals surface area contributed by atoms with Crippen molar-refractivity contribution in [2.24, 2.45) is 11.8 Å². The summed E-state index contributed by atoms with van der Waals surface area (Å²) in [5.41, 5.74) is 3.26. The first-order chi connectivity index (χ1) is 20.7. The quantitative estimate of drug-likeness (QED) is 0.460. The molecule has 10 heteroatoms. The van der Waals surface area contributed by atoms with Gasteiger partial charge in [-0.1, -0.05) is 29.8 Å². The second-order valence-corrected chi connectivity index (χ2v) is 14.9. The Kier molecular flexibility index (Phi) is 8.79. The Bertz CT molecular complexity index is 1500. The van der Waals surface area contributed by atoms with Crippen LogP contribution in [-0.2, 0) is 26.6 Å². The number of carbonyl (C=O) groups excluding carboxylic acids is 1. The molecule has 2 bridgehead atoms. The summed E-state index contributed by atoms with van der Waals surface area (Å²) in [4.78, 5) is 15.7. The number of fused-ring (bicyclic) bond motifs is 4. The van der Waals surface area contributed by atoms with E-state index in [1.165, 1.54) is 11.1 Å². The maximum absolute atomic E-state index is 13.4. The maximum Gasteiger partial charge on any atom is 0.264 e. The second-order valence-electron chi connectivity index (χ2n) is 12.5. The first kappa shape index (κ1) is 30.4. The van der Waals surface area contributed by atoms with Crippen molar-refractivity contribution >= 4 is 33.2 Å². The fourth-order valence-electron chi connectivity index (χ4n) is 7.32. The van der Waals surface area contributed by atoms with E-state index in [0.29, 0.717) is 38.5 Å². The molecule has 232 valence electrons. The van der Waals surface area contributed by atoms with Crippen molar-refractivity contribution in [2.45, 2.75) is 68.6 Å². The normalized spacial score (nSPS) is 31.0. The molecular weight excluding hydrogens is 588 g/mol. The summed E-state index contributed by atoms with van der Waals surface area (Å²) in [6.45, 7) is 4.04. The molecule has 1 amide bonds. The number of nitrogens with one attached hydrogen (secondary N) is 1. The van der Waals surface area contributed by atoms with Gasteiger partial charge in [-0.15, -0.1) is 0 Å². The van der Waals surface area contributed by atoms with Crippen LogP contribution in [0.1, 0.15) is 66.9 Å².